The number of hydrogen-bond acceptors (Lipinski definition) is 6. The van der Waals surface area contributed by atoms with Gasteiger partial charge in [-0.1, -0.05) is 0 Å². The summed E-state index contributed by atoms with van der Waals surface area (Å²) in [6.45, 7) is -0.134. The number of aromatic nitrogens is 1. The van der Waals surface area contributed by atoms with Crippen molar-refractivity contribution in [1.29, 1.82) is 0 Å². The van der Waals surface area contributed by atoms with Crippen molar-refractivity contribution >= 4 is 17.9 Å². The van der Waals surface area contributed by atoms with E-state index in [2.05, 4.69) is 14.2 Å². The number of methoxy groups -OCH3 is 3. The van der Waals surface area contributed by atoms with Gasteiger partial charge in [0.05, 0.1) is 21.3 Å². The molecule has 0 bridgehead atoms. The molecule has 1 heterocycles. The van der Waals surface area contributed by atoms with Crippen LogP contribution in [0.4, 0.5) is 0 Å². The van der Waals surface area contributed by atoms with E-state index in [9.17, 15) is 14.4 Å². The molecule has 0 fully saturated rings. The first-order valence-electron chi connectivity index (χ1n) is 5.29. The van der Waals surface area contributed by atoms with Crippen molar-refractivity contribution in [1.82, 2.24) is 0 Å². The van der Waals surface area contributed by atoms with Gasteiger partial charge in [0.15, 0.2) is 12.4 Å². The minimum absolute atomic E-state index is 0.134. The average molecular weight is 268 g/mol. The normalized spacial score (nSPS) is 9.63. The summed E-state index contributed by atoms with van der Waals surface area (Å²) in [6.07, 6.45) is 2.77. The zero-order valence-corrected chi connectivity index (χ0v) is 10.8. The summed E-state index contributed by atoms with van der Waals surface area (Å²) in [7, 11) is 3.68. The van der Waals surface area contributed by atoms with Gasteiger partial charge in [-0.05, 0) is 6.07 Å². The lowest BCUT2D eigenvalue weighted by molar-refractivity contribution is -0.686. The van der Waals surface area contributed by atoms with Crippen molar-refractivity contribution in [3.63, 3.8) is 0 Å². The number of carbonyl (C=O) groups is 3. The molecule has 0 amide bonds. The molecule has 7 nitrogen and oxygen atoms in total. The summed E-state index contributed by atoms with van der Waals surface area (Å²) in [5.74, 6) is -1.75. The van der Waals surface area contributed by atoms with E-state index in [1.807, 2.05) is 0 Å². The second-order valence-corrected chi connectivity index (χ2v) is 3.54. The summed E-state index contributed by atoms with van der Waals surface area (Å²) in [4.78, 5) is 34.2. The third-order valence-corrected chi connectivity index (χ3v) is 2.30. The molecule has 0 aliphatic carbocycles. The molecule has 102 valence electrons. The smallest absolute Gasteiger partial charge is 0.372 e. The second-order valence-electron chi connectivity index (χ2n) is 3.54. The van der Waals surface area contributed by atoms with Gasteiger partial charge >= 0.3 is 17.9 Å². The maximum Gasteiger partial charge on any atom is 0.372 e. The molecule has 0 aromatic carbocycles. The highest BCUT2D eigenvalue weighted by molar-refractivity contribution is 5.94. The first kappa shape index (κ1) is 14.6. The lowest BCUT2D eigenvalue weighted by Crippen LogP contribution is -2.39. The standard InChI is InChI=1S/C12H14NO6/c1-17-10(14)7-13-5-8(11(15)18-2)4-9(6-13)12(16)19-3/h4-6H,7H2,1-3H3/q+1. The van der Waals surface area contributed by atoms with E-state index < -0.39 is 17.9 Å². The molecule has 0 aliphatic heterocycles. The Morgan fingerprint density at radius 1 is 0.947 bits per heavy atom. The molecular weight excluding hydrogens is 254 g/mol. The Bertz CT molecular complexity index is 477. The third kappa shape index (κ3) is 3.77. The molecule has 0 saturated carbocycles. The molecule has 0 saturated heterocycles. The van der Waals surface area contributed by atoms with Crippen molar-refractivity contribution in [2.45, 2.75) is 6.54 Å². The Morgan fingerprint density at radius 2 is 1.42 bits per heavy atom. The summed E-state index contributed by atoms with van der Waals surface area (Å²) in [5, 5.41) is 0. The number of nitrogens with zero attached hydrogens (tertiary/aromatic N) is 1. The van der Waals surface area contributed by atoms with E-state index in [4.69, 9.17) is 0 Å². The van der Waals surface area contributed by atoms with E-state index in [1.165, 1.54) is 44.4 Å². The Balaban J connectivity index is 3.19. The molecule has 1 rings (SSSR count). The molecule has 0 spiro atoms. The molecule has 0 N–H and O–H groups in total. The van der Waals surface area contributed by atoms with Gasteiger partial charge in [-0.3, -0.25) is 0 Å². The van der Waals surface area contributed by atoms with Gasteiger partial charge in [-0.2, -0.15) is 4.57 Å². The van der Waals surface area contributed by atoms with Crippen molar-refractivity contribution in [2.75, 3.05) is 21.3 Å². The number of pyridine rings is 1. The Labute approximate surface area is 109 Å². The van der Waals surface area contributed by atoms with Gasteiger partial charge in [-0.15, -0.1) is 0 Å². The Hall–Kier alpha value is -2.44. The fourth-order valence-corrected chi connectivity index (χ4v) is 1.40. The number of ether oxygens (including phenoxy) is 3. The second kappa shape index (κ2) is 6.48. The van der Waals surface area contributed by atoms with Crippen LogP contribution >= 0.6 is 0 Å². The van der Waals surface area contributed by atoms with E-state index in [-0.39, 0.29) is 17.7 Å². The number of hydrogen-bond donors (Lipinski definition) is 0. The third-order valence-electron chi connectivity index (χ3n) is 2.30. The van der Waals surface area contributed by atoms with Crippen LogP contribution < -0.4 is 4.57 Å². The molecule has 1 aromatic rings. The monoisotopic (exact) mass is 268 g/mol. The van der Waals surface area contributed by atoms with Gasteiger partial charge in [0.2, 0.25) is 6.54 Å². The quantitative estimate of drug-likeness (QED) is 0.424. The molecule has 19 heavy (non-hydrogen) atoms. The number of esters is 3. The molecular formula is C12H14NO6+. The fourth-order valence-electron chi connectivity index (χ4n) is 1.40. The largest absolute Gasteiger partial charge is 0.465 e. The minimum atomic E-state index is -0.621. The van der Waals surface area contributed by atoms with Gasteiger partial charge in [0.25, 0.3) is 0 Å². The summed E-state index contributed by atoms with van der Waals surface area (Å²) < 4.78 is 15.0. The molecule has 0 atom stereocenters. The van der Waals surface area contributed by atoms with Gasteiger partial charge < -0.3 is 14.2 Å². The molecule has 0 unspecified atom stereocenters. The average Bonchev–Trinajstić information content (AvgIpc) is 2.44. The maximum atomic E-state index is 11.5. The van der Waals surface area contributed by atoms with Crippen molar-refractivity contribution in [2.24, 2.45) is 0 Å². The Kier molecular flexibility index (Phi) is 4.99. The SMILES string of the molecule is COC(=O)C[n+]1cc(C(=O)OC)cc(C(=O)OC)c1. The minimum Gasteiger partial charge on any atom is -0.465 e. The zero-order valence-electron chi connectivity index (χ0n) is 10.8. The predicted octanol–water partition coefficient (Wildman–Crippen LogP) is -0.280. The number of rotatable bonds is 4. The van der Waals surface area contributed by atoms with E-state index in [0.29, 0.717) is 0 Å². The fraction of sp³-hybridized carbons (Fsp3) is 0.333. The van der Waals surface area contributed by atoms with E-state index in [1.54, 1.807) is 0 Å². The van der Waals surface area contributed by atoms with Crippen LogP contribution in [-0.2, 0) is 25.5 Å². The molecule has 0 radical (unpaired) electrons. The highest BCUT2D eigenvalue weighted by Gasteiger charge is 2.20. The Morgan fingerprint density at radius 3 is 1.79 bits per heavy atom. The highest BCUT2D eigenvalue weighted by Crippen LogP contribution is 2.05. The lowest BCUT2D eigenvalue weighted by Gasteiger charge is -2.03. The summed E-state index contributed by atoms with van der Waals surface area (Å²) in [6, 6.07) is 1.32. The highest BCUT2D eigenvalue weighted by atomic mass is 16.5. The van der Waals surface area contributed by atoms with Crippen LogP contribution in [0.15, 0.2) is 18.5 Å². The van der Waals surface area contributed by atoms with Crippen molar-refractivity contribution in [3.8, 4) is 0 Å². The summed E-state index contributed by atoms with van der Waals surface area (Å²) in [5.41, 5.74) is 0.267. The number of carbonyl (C=O) groups excluding carboxylic acids is 3. The van der Waals surface area contributed by atoms with Crippen LogP contribution in [0.5, 0.6) is 0 Å². The van der Waals surface area contributed by atoms with Crippen LogP contribution in [0, 0.1) is 0 Å². The lowest BCUT2D eigenvalue weighted by atomic mass is 10.2. The molecule has 0 aliphatic rings. The first-order chi connectivity index (χ1) is 9.01. The topological polar surface area (TPSA) is 82.8 Å². The molecule has 7 heteroatoms. The van der Waals surface area contributed by atoms with Gasteiger partial charge in [0, 0.05) is 0 Å². The predicted molar refractivity (Wildman–Crippen MR) is 61.3 cm³/mol. The maximum absolute atomic E-state index is 11.5. The van der Waals surface area contributed by atoms with Crippen LogP contribution in [0.1, 0.15) is 20.7 Å². The van der Waals surface area contributed by atoms with E-state index >= 15 is 0 Å². The summed E-state index contributed by atoms with van der Waals surface area (Å²) >= 11 is 0. The van der Waals surface area contributed by atoms with Crippen LogP contribution in [0.25, 0.3) is 0 Å². The molecule has 1 aromatic heterocycles. The van der Waals surface area contributed by atoms with Crippen molar-refractivity contribution in [3.05, 3.63) is 29.6 Å². The van der Waals surface area contributed by atoms with Crippen LogP contribution in [-0.4, -0.2) is 39.2 Å². The zero-order chi connectivity index (χ0) is 14.4. The van der Waals surface area contributed by atoms with Crippen LogP contribution in [0.3, 0.4) is 0 Å². The van der Waals surface area contributed by atoms with Crippen molar-refractivity contribution < 1.29 is 33.2 Å². The first-order valence-corrected chi connectivity index (χ1v) is 5.29. The van der Waals surface area contributed by atoms with Crippen LogP contribution in [0.2, 0.25) is 0 Å². The van der Waals surface area contributed by atoms with E-state index in [0.717, 1.165) is 0 Å². The van der Waals surface area contributed by atoms with Gasteiger partial charge in [0.1, 0.15) is 11.1 Å². The van der Waals surface area contributed by atoms with Gasteiger partial charge in [-0.25, -0.2) is 14.4 Å².